The van der Waals surface area contributed by atoms with Gasteiger partial charge in [0.1, 0.15) is 0 Å². The predicted octanol–water partition coefficient (Wildman–Crippen LogP) is 4.62. The van der Waals surface area contributed by atoms with Crippen molar-refractivity contribution in [3.63, 3.8) is 0 Å². The Bertz CT molecular complexity index is 699. The molecule has 3 unspecified atom stereocenters. The van der Waals surface area contributed by atoms with E-state index in [1.54, 1.807) is 0 Å². The molecular weight excluding hydrogens is 228 g/mol. The molecule has 4 aliphatic carbocycles. The monoisotopic (exact) mass is 244 g/mol. The van der Waals surface area contributed by atoms with Gasteiger partial charge in [-0.3, -0.25) is 0 Å². The van der Waals surface area contributed by atoms with Gasteiger partial charge in [-0.15, -0.1) is 0 Å². The number of hydrogen-bond acceptors (Lipinski definition) is 0. The highest BCUT2D eigenvalue weighted by atomic mass is 14.5. The van der Waals surface area contributed by atoms with Gasteiger partial charge >= 0.3 is 0 Å². The van der Waals surface area contributed by atoms with Crippen molar-refractivity contribution in [3.8, 4) is 0 Å². The lowest BCUT2D eigenvalue weighted by molar-refractivity contribution is 0.408. The molecule has 0 heteroatoms. The zero-order chi connectivity index (χ0) is 12.4. The minimum Gasteiger partial charge on any atom is -0.0850 e. The highest BCUT2D eigenvalue weighted by molar-refractivity contribution is 5.98. The van der Waals surface area contributed by atoms with Crippen LogP contribution in [0.5, 0.6) is 0 Å². The summed E-state index contributed by atoms with van der Waals surface area (Å²) in [5.74, 6) is 1.55. The van der Waals surface area contributed by atoms with E-state index in [2.05, 4.69) is 60.7 Å². The lowest BCUT2D eigenvalue weighted by Gasteiger charge is -2.33. The van der Waals surface area contributed by atoms with E-state index in [1.165, 1.54) is 35.1 Å². The number of fused-ring (bicyclic) bond motifs is 6. The third-order valence-electron chi connectivity index (χ3n) is 5.34. The first-order valence-electron chi connectivity index (χ1n) is 7.26. The van der Waals surface area contributed by atoms with Crippen LogP contribution in [0.1, 0.15) is 24.0 Å². The maximum atomic E-state index is 2.57. The molecule has 5 rings (SSSR count). The smallest absolute Gasteiger partial charge is 0.0142 e. The Hall–Kier alpha value is -1.82. The molecule has 3 atom stereocenters. The van der Waals surface area contributed by atoms with Gasteiger partial charge in [0, 0.05) is 5.41 Å². The van der Waals surface area contributed by atoms with Crippen LogP contribution in [0.4, 0.5) is 0 Å². The molecule has 0 N–H and O–H groups in total. The molecule has 0 aliphatic heterocycles. The fraction of sp³-hybridized carbons (Fsp3) is 0.263. The van der Waals surface area contributed by atoms with E-state index < -0.39 is 0 Å². The molecule has 1 aromatic carbocycles. The zero-order valence-electron chi connectivity index (χ0n) is 10.8. The molecule has 4 aliphatic rings. The van der Waals surface area contributed by atoms with Crippen LogP contribution >= 0.6 is 0 Å². The van der Waals surface area contributed by atoms with E-state index in [0.29, 0.717) is 5.41 Å². The van der Waals surface area contributed by atoms with Gasteiger partial charge in [0.25, 0.3) is 0 Å². The average Bonchev–Trinajstić information content (AvgIpc) is 3.11. The van der Waals surface area contributed by atoms with Gasteiger partial charge in [-0.05, 0) is 53.0 Å². The van der Waals surface area contributed by atoms with E-state index in [0.717, 1.165) is 11.8 Å². The van der Waals surface area contributed by atoms with Gasteiger partial charge in [-0.1, -0.05) is 54.6 Å². The minimum absolute atomic E-state index is 0.309. The third kappa shape index (κ3) is 1.19. The molecule has 0 aromatic heterocycles. The van der Waals surface area contributed by atoms with E-state index in [4.69, 9.17) is 0 Å². The second kappa shape index (κ2) is 3.19. The normalized spacial score (nSPS) is 36.4. The van der Waals surface area contributed by atoms with Crippen LogP contribution in [0.15, 0.2) is 60.2 Å². The molecule has 1 spiro atoms. The summed E-state index contributed by atoms with van der Waals surface area (Å²) in [5.41, 5.74) is 5.98. The molecule has 0 nitrogen and oxygen atoms in total. The highest BCUT2D eigenvalue weighted by Crippen LogP contribution is 2.57. The van der Waals surface area contributed by atoms with Crippen LogP contribution in [0, 0.1) is 17.3 Å². The Labute approximate surface area is 113 Å². The predicted molar refractivity (Wildman–Crippen MR) is 79.3 cm³/mol. The molecule has 1 aromatic rings. The van der Waals surface area contributed by atoms with Crippen LogP contribution in [0.3, 0.4) is 0 Å². The van der Waals surface area contributed by atoms with Gasteiger partial charge in [0.05, 0.1) is 0 Å². The second-order valence-corrected chi connectivity index (χ2v) is 6.38. The lowest BCUT2D eigenvalue weighted by atomic mass is 9.71. The van der Waals surface area contributed by atoms with Crippen molar-refractivity contribution in [1.29, 1.82) is 0 Å². The molecule has 1 saturated carbocycles. The first kappa shape index (κ1) is 10.0. The molecule has 0 amide bonds. The third-order valence-corrected chi connectivity index (χ3v) is 5.34. The van der Waals surface area contributed by atoms with E-state index in [-0.39, 0.29) is 0 Å². The Morgan fingerprint density at radius 3 is 2.89 bits per heavy atom. The summed E-state index contributed by atoms with van der Waals surface area (Å²) in [5, 5.41) is 0. The summed E-state index contributed by atoms with van der Waals surface area (Å²) in [7, 11) is 0. The minimum atomic E-state index is 0.309. The first-order valence-corrected chi connectivity index (χ1v) is 7.26. The van der Waals surface area contributed by atoms with Crippen molar-refractivity contribution in [2.75, 3.05) is 0 Å². The highest BCUT2D eigenvalue weighted by Gasteiger charge is 2.46. The number of rotatable bonds is 0. The zero-order valence-corrected chi connectivity index (χ0v) is 10.8. The molecule has 19 heavy (non-hydrogen) atoms. The summed E-state index contributed by atoms with van der Waals surface area (Å²) in [6.07, 6.45) is 17.3. The SMILES string of the molecule is C1=CC2(C=C3C1=Cc1ccccc13)CC1C=CC2C1. The second-order valence-electron chi connectivity index (χ2n) is 6.38. The number of allylic oxidation sites excluding steroid dienone is 7. The van der Waals surface area contributed by atoms with Crippen LogP contribution in [0.2, 0.25) is 0 Å². The van der Waals surface area contributed by atoms with Crippen LogP contribution < -0.4 is 0 Å². The van der Waals surface area contributed by atoms with E-state index >= 15 is 0 Å². The molecule has 0 heterocycles. The summed E-state index contributed by atoms with van der Waals surface area (Å²) >= 11 is 0. The Kier molecular flexibility index (Phi) is 1.68. The Balaban J connectivity index is 1.69. The fourth-order valence-corrected chi connectivity index (χ4v) is 4.42. The van der Waals surface area contributed by atoms with Crippen LogP contribution in [-0.4, -0.2) is 0 Å². The Morgan fingerprint density at radius 2 is 2.05 bits per heavy atom. The van der Waals surface area contributed by atoms with Gasteiger partial charge in [-0.2, -0.15) is 0 Å². The van der Waals surface area contributed by atoms with Crippen molar-refractivity contribution in [2.45, 2.75) is 12.8 Å². The van der Waals surface area contributed by atoms with Gasteiger partial charge < -0.3 is 0 Å². The van der Waals surface area contributed by atoms with Crippen molar-refractivity contribution < 1.29 is 0 Å². The standard InChI is InChI=1S/C19H16/c1-2-4-17-14(3-1)10-15-7-8-19(12-18(15)17)11-13-5-6-16(19)9-13/h1-8,10,12-13,16H,9,11H2. The Morgan fingerprint density at radius 1 is 1.11 bits per heavy atom. The quantitative estimate of drug-likeness (QED) is 0.584. The molecule has 0 saturated heterocycles. The van der Waals surface area contributed by atoms with E-state index in [1.807, 2.05) is 0 Å². The first-order chi connectivity index (χ1) is 9.34. The summed E-state index contributed by atoms with van der Waals surface area (Å²) in [4.78, 5) is 0. The summed E-state index contributed by atoms with van der Waals surface area (Å²) in [6, 6.07) is 8.78. The van der Waals surface area contributed by atoms with Gasteiger partial charge in [-0.25, -0.2) is 0 Å². The largest absolute Gasteiger partial charge is 0.0850 e. The maximum absolute atomic E-state index is 2.57. The summed E-state index contributed by atoms with van der Waals surface area (Å²) < 4.78 is 0. The molecule has 92 valence electrons. The van der Waals surface area contributed by atoms with Crippen LogP contribution in [-0.2, 0) is 0 Å². The van der Waals surface area contributed by atoms with Crippen LogP contribution in [0.25, 0.3) is 11.6 Å². The molecule has 1 fully saturated rings. The number of hydrogen-bond donors (Lipinski definition) is 0. The lowest BCUT2D eigenvalue weighted by Crippen LogP contribution is -2.23. The van der Waals surface area contributed by atoms with Crippen molar-refractivity contribution in [1.82, 2.24) is 0 Å². The maximum Gasteiger partial charge on any atom is 0.0142 e. The molecular formula is C19H16. The van der Waals surface area contributed by atoms with Gasteiger partial charge in [0.2, 0.25) is 0 Å². The topological polar surface area (TPSA) is 0 Å². The molecule has 2 bridgehead atoms. The number of benzene rings is 1. The fourth-order valence-electron chi connectivity index (χ4n) is 4.42. The molecule has 0 radical (unpaired) electrons. The van der Waals surface area contributed by atoms with Gasteiger partial charge in [0.15, 0.2) is 0 Å². The van der Waals surface area contributed by atoms with Crippen molar-refractivity contribution in [3.05, 3.63) is 71.3 Å². The summed E-state index contributed by atoms with van der Waals surface area (Å²) in [6.45, 7) is 0. The average molecular weight is 244 g/mol. The van der Waals surface area contributed by atoms with E-state index in [9.17, 15) is 0 Å². The van der Waals surface area contributed by atoms with Crippen molar-refractivity contribution >= 4 is 11.6 Å². The van der Waals surface area contributed by atoms with Crippen molar-refractivity contribution in [2.24, 2.45) is 17.3 Å².